The maximum Gasteiger partial charge on any atom is 0.278 e. The number of para-hydroxylation sites is 1. The van der Waals surface area contributed by atoms with E-state index in [0.717, 1.165) is 49.3 Å². The summed E-state index contributed by atoms with van der Waals surface area (Å²) in [6, 6.07) is 12.4. The highest BCUT2D eigenvalue weighted by molar-refractivity contribution is 6.30. The Morgan fingerprint density at radius 1 is 1.24 bits per heavy atom. The third-order valence-electron chi connectivity index (χ3n) is 7.16. The molecule has 37 heavy (non-hydrogen) atoms. The van der Waals surface area contributed by atoms with Gasteiger partial charge in [0.15, 0.2) is 11.5 Å². The fraction of sp³-hybridized carbons (Fsp3) is 0.357. The maximum atomic E-state index is 14.7. The van der Waals surface area contributed by atoms with Crippen molar-refractivity contribution in [3.05, 3.63) is 87.4 Å². The van der Waals surface area contributed by atoms with Crippen LogP contribution in [0, 0.1) is 12.7 Å². The minimum atomic E-state index is -1.26. The van der Waals surface area contributed by atoms with Crippen molar-refractivity contribution in [2.75, 3.05) is 19.8 Å². The van der Waals surface area contributed by atoms with E-state index in [9.17, 15) is 4.39 Å². The zero-order valence-corrected chi connectivity index (χ0v) is 21.6. The molecule has 1 saturated heterocycles. The summed E-state index contributed by atoms with van der Waals surface area (Å²) >= 11 is 5.94. The van der Waals surface area contributed by atoms with E-state index < -0.39 is 11.6 Å². The molecule has 0 saturated carbocycles. The Bertz CT molecular complexity index is 1340. The number of hydrogen-bond acceptors (Lipinski definition) is 6. The summed E-state index contributed by atoms with van der Waals surface area (Å²) in [6.45, 7) is 5.97. The zero-order valence-electron chi connectivity index (χ0n) is 20.9. The lowest BCUT2D eigenvalue weighted by atomic mass is 9.88. The third-order valence-corrected chi connectivity index (χ3v) is 7.39. The summed E-state index contributed by atoms with van der Waals surface area (Å²) in [6.07, 6.45) is 3.62. The van der Waals surface area contributed by atoms with Gasteiger partial charge in [-0.1, -0.05) is 23.7 Å². The Labute approximate surface area is 220 Å². The highest BCUT2D eigenvalue weighted by atomic mass is 35.5. The van der Waals surface area contributed by atoms with Gasteiger partial charge in [0.1, 0.15) is 18.4 Å². The topological polar surface area (TPSA) is 93.2 Å². The van der Waals surface area contributed by atoms with Gasteiger partial charge in [-0.2, -0.15) is 0 Å². The van der Waals surface area contributed by atoms with Crippen LogP contribution in [0.1, 0.15) is 53.6 Å². The average Bonchev–Trinajstić information content (AvgIpc) is 3.23. The predicted octanol–water partition coefficient (Wildman–Crippen LogP) is 4.86. The number of halogens is 2. The van der Waals surface area contributed by atoms with Crippen molar-refractivity contribution < 1.29 is 19.0 Å². The van der Waals surface area contributed by atoms with Crippen LogP contribution in [0.3, 0.4) is 0 Å². The first-order chi connectivity index (χ1) is 17.8. The first-order valence-corrected chi connectivity index (χ1v) is 12.7. The molecule has 1 atom stereocenters. The van der Waals surface area contributed by atoms with Crippen molar-refractivity contribution in [3.63, 3.8) is 0 Å². The van der Waals surface area contributed by atoms with Crippen LogP contribution in [0.5, 0.6) is 11.5 Å². The lowest BCUT2D eigenvalue weighted by Crippen LogP contribution is -2.34. The molecule has 0 aliphatic carbocycles. The van der Waals surface area contributed by atoms with E-state index in [1.807, 2.05) is 25.1 Å². The Morgan fingerprint density at radius 3 is 2.73 bits per heavy atom. The summed E-state index contributed by atoms with van der Waals surface area (Å²) in [5.41, 5.74) is 10.0. The highest BCUT2D eigenvalue weighted by Gasteiger charge is 2.42. The number of hydrogen-bond donors (Lipinski definition) is 2. The van der Waals surface area contributed by atoms with Gasteiger partial charge in [-0.25, -0.2) is 9.38 Å². The fourth-order valence-corrected chi connectivity index (χ4v) is 5.29. The van der Waals surface area contributed by atoms with Gasteiger partial charge in [0, 0.05) is 35.8 Å². The van der Waals surface area contributed by atoms with Crippen LogP contribution in [-0.2, 0) is 12.3 Å². The molecule has 0 radical (unpaired) electrons. The number of rotatable bonds is 6. The summed E-state index contributed by atoms with van der Waals surface area (Å²) in [4.78, 5) is 10.8. The maximum absolute atomic E-state index is 14.7. The largest absolute Gasteiger partial charge is 0.444 e. The molecule has 1 unspecified atom stereocenters. The number of aliphatic hydroxyl groups excluding tert-OH is 1. The van der Waals surface area contributed by atoms with Crippen LogP contribution < -0.4 is 15.2 Å². The Kier molecular flexibility index (Phi) is 7.07. The van der Waals surface area contributed by atoms with Crippen LogP contribution in [0.2, 0.25) is 5.02 Å². The van der Waals surface area contributed by atoms with E-state index in [2.05, 4.69) is 20.9 Å². The summed E-state index contributed by atoms with van der Waals surface area (Å²) in [7, 11) is 0. The molecule has 3 heterocycles. The van der Waals surface area contributed by atoms with Gasteiger partial charge < -0.3 is 20.3 Å². The number of aliphatic imine (C=N–C) groups is 1. The van der Waals surface area contributed by atoms with E-state index in [1.165, 1.54) is 6.07 Å². The first-order valence-electron chi connectivity index (χ1n) is 12.3. The molecular weight excluding hydrogens is 495 g/mol. The minimum absolute atomic E-state index is 0.280. The molecule has 3 N–H and O–H groups in total. The second kappa shape index (κ2) is 10.3. The van der Waals surface area contributed by atoms with Gasteiger partial charge in [-0.3, -0.25) is 9.88 Å². The molecule has 5 rings (SSSR count). The number of pyridine rings is 1. The SMILES string of the molecule is Cc1cc(C(N)=NCO)cnc1CN1CCC(c2cccc3c2OC(C)(c2ccc(Cl)cc2F)O3)CC1. The number of likely N-dealkylation sites (tertiary alicyclic amines) is 1. The number of ether oxygens (including phenoxy) is 2. The molecule has 0 bridgehead atoms. The van der Waals surface area contributed by atoms with Crippen LogP contribution in [0.15, 0.2) is 53.7 Å². The molecule has 2 aliphatic heterocycles. The molecule has 0 amide bonds. The number of aliphatic hydroxyl groups is 1. The van der Waals surface area contributed by atoms with Gasteiger partial charge in [-0.05, 0) is 74.7 Å². The number of piperidine rings is 1. The average molecular weight is 525 g/mol. The van der Waals surface area contributed by atoms with Crippen molar-refractivity contribution in [2.45, 2.75) is 44.9 Å². The molecule has 7 nitrogen and oxygen atoms in total. The summed E-state index contributed by atoms with van der Waals surface area (Å²) < 4.78 is 27.1. The van der Waals surface area contributed by atoms with Crippen LogP contribution in [-0.4, -0.2) is 40.6 Å². The van der Waals surface area contributed by atoms with Crippen molar-refractivity contribution in [1.82, 2.24) is 9.88 Å². The van der Waals surface area contributed by atoms with E-state index >= 15 is 0 Å². The first kappa shape index (κ1) is 25.4. The molecule has 1 fully saturated rings. The molecule has 1 aromatic heterocycles. The predicted molar refractivity (Wildman–Crippen MR) is 140 cm³/mol. The van der Waals surface area contributed by atoms with Gasteiger partial charge in [0.05, 0.1) is 11.3 Å². The van der Waals surface area contributed by atoms with Crippen molar-refractivity contribution in [1.29, 1.82) is 0 Å². The van der Waals surface area contributed by atoms with Gasteiger partial charge >= 0.3 is 0 Å². The zero-order chi connectivity index (χ0) is 26.2. The Hall–Kier alpha value is -3.20. The highest BCUT2D eigenvalue weighted by Crippen LogP contribution is 2.49. The summed E-state index contributed by atoms with van der Waals surface area (Å²) in [5, 5.41) is 9.29. The normalized spacial score (nSPS) is 20.4. The lowest BCUT2D eigenvalue weighted by molar-refractivity contribution is -0.0712. The van der Waals surface area contributed by atoms with E-state index in [1.54, 1.807) is 25.3 Å². The van der Waals surface area contributed by atoms with E-state index in [4.69, 9.17) is 31.9 Å². The number of benzene rings is 2. The Morgan fingerprint density at radius 2 is 2.03 bits per heavy atom. The Balaban J connectivity index is 1.26. The number of nitrogens with two attached hydrogens (primary N) is 1. The number of aromatic nitrogens is 1. The third kappa shape index (κ3) is 5.14. The van der Waals surface area contributed by atoms with Crippen molar-refractivity contribution in [3.8, 4) is 11.5 Å². The molecule has 9 heteroatoms. The fourth-order valence-electron chi connectivity index (χ4n) is 5.13. The van der Waals surface area contributed by atoms with E-state index in [0.29, 0.717) is 33.6 Å². The second-order valence-electron chi connectivity index (χ2n) is 9.67. The quantitative estimate of drug-likeness (QED) is 0.353. The van der Waals surface area contributed by atoms with Crippen LogP contribution in [0.4, 0.5) is 4.39 Å². The van der Waals surface area contributed by atoms with Gasteiger partial charge in [0.2, 0.25) is 0 Å². The van der Waals surface area contributed by atoms with Crippen LogP contribution >= 0.6 is 11.6 Å². The molecule has 194 valence electrons. The van der Waals surface area contributed by atoms with Crippen molar-refractivity contribution >= 4 is 17.4 Å². The summed E-state index contributed by atoms with van der Waals surface area (Å²) in [5.74, 6) is 0.181. The molecule has 2 aromatic carbocycles. The lowest BCUT2D eigenvalue weighted by Gasteiger charge is -2.32. The molecular formula is C28H30ClFN4O3. The minimum Gasteiger partial charge on any atom is -0.444 e. The van der Waals surface area contributed by atoms with Gasteiger partial charge in [0.25, 0.3) is 5.79 Å². The number of aryl methyl sites for hydroxylation is 1. The molecule has 0 spiro atoms. The molecule has 3 aromatic rings. The molecule has 2 aliphatic rings. The smallest absolute Gasteiger partial charge is 0.278 e. The number of amidine groups is 1. The number of nitrogens with zero attached hydrogens (tertiary/aromatic N) is 3. The second-order valence-corrected chi connectivity index (χ2v) is 10.1. The monoisotopic (exact) mass is 524 g/mol. The van der Waals surface area contributed by atoms with Crippen molar-refractivity contribution in [2.24, 2.45) is 10.7 Å². The van der Waals surface area contributed by atoms with Gasteiger partial charge in [-0.15, -0.1) is 0 Å². The van der Waals surface area contributed by atoms with E-state index in [-0.39, 0.29) is 12.6 Å². The standard InChI is InChI=1S/C28H30ClFN4O3/c1-17-12-19(27(31)33-16-35)14-32-24(17)15-34-10-8-18(9-11-34)21-4-3-5-25-26(21)37-28(2,36-25)22-7-6-20(29)13-23(22)30/h3-7,12-14,18,35H,8-11,15-16H2,1-2H3,(H2,31,33). The van der Waals surface area contributed by atoms with Crippen LogP contribution in [0.25, 0.3) is 0 Å². The number of fused-ring (bicyclic) bond motifs is 1.